The summed E-state index contributed by atoms with van der Waals surface area (Å²) in [5, 5.41) is 4.24. The number of fused-ring (bicyclic) bond motifs is 2. The first-order chi connectivity index (χ1) is 13.4. The number of imidazole rings is 1. The first-order valence-corrected chi connectivity index (χ1v) is 10.3. The number of rotatable bonds is 4. The summed E-state index contributed by atoms with van der Waals surface area (Å²) in [6, 6.07) is 2.09. The number of likely N-dealkylation sites (tertiary alicyclic amines) is 1. The molecule has 0 aromatic carbocycles. The molecule has 148 valence electrons. The van der Waals surface area contributed by atoms with Crippen LogP contribution in [0.25, 0.3) is 5.78 Å². The molecule has 5 rings (SSSR count). The topological polar surface area (TPSA) is 72.3 Å². The summed E-state index contributed by atoms with van der Waals surface area (Å²) < 4.78 is 7.86. The Labute approximate surface area is 165 Å². The Morgan fingerprint density at radius 2 is 2.11 bits per heavy atom. The van der Waals surface area contributed by atoms with E-state index in [1.165, 1.54) is 18.5 Å². The van der Waals surface area contributed by atoms with E-state index in [1.807, 2.05) is 6.92 Å². The second kappa shape index (κ2) is 6.37. The van der Waals surface area contributed by atoms with Crippen LogP contribution in [0.3, 0.4) is 0 Å². The molecule has 2 aliphatic rings. The summed E-state index contributed by atoms with van der Waals surface area (Å²) >= 11 is 0. The van der Waals surface area contributed by atoms with E-state index >= 15 is 0 Å². The smallest absolute Gasteiger partial charge is 0.234 e. The predicted molar refractivity (Wildman–Crippen MR) is 105 cm³/mol. The first-order valence-electron chi connectivity index (χ1n) is 10.3. The van der Waals surface area contributed by atoms with Crippen LogP contribution < -0.4 is 0 Å². The van der Waals surface area contributed by atoms with Crippen molar-refractivity contribution in [3.8, 4) is 0 Å². The average Bonchev–Trinajstić information content (AvgIpc) is 3.35. The quantitative estimate of drug-likeness (QED) is 0.691. The van der Waals surface area contributed by atoms with E-state index in [9.17, 15) is 0 Å². The highest BCUT2D eigenvalue weighted by Crippen LogP contribution is 2.50. The van der Waals surface area contributed by atoms with Gasteiger partial charge in [0.2, 0.25) is 11.7 Å². The summed E-state index contributed by atoms with van der Waals surface area (Å²) in [6.45, 7) is 11.2. The van der Waals surface area contributed by atoms with Crippen LogP contribution in [-0.4, -0.2) is 42.5 Å². The standard InChI is InChI=1S/C21H28N6O/c1-13(2)18-24-19(28-25-18)21-7-5-6-16(21)9-26(12-21)10-17-11-27-15(4)8-14(3)22-20(27)23-17/h8,11,13,16H,5-7,9-10,12H2,1-4H3/t16-,21-/m1/s1. The lowest BCUT2D eigenvalue weighted by Gasteiger charge is -2.24. The van der Waals surface area contributed by atoms with Crippen LogP contribution in [0.4, 0.5) is 0 Å². The fourth-order valence-electron chi connectivity index (χ4n) is 5.16. The van der Waals surface area contributed by atoms with Gasteiger partial charge in [-0.25, -0.2) is 9.97 Å². The highest BCUT2D eigenvalue weighted by Gasteiger charge is 2.54. The second-order valence-corrected chi connectivity index (χ2v) is 8.97. The van der Waals surface area contributed by atoms with Gasteiger partial charge in [0.05, 0.1) is 11.1 Å². The van der Waals surface area contributed by atoms with Crippen LogP contribution in [0, 0.1) is 19.8 Å². The zero-order chi connectivity index (χ0) is 19.5. The van der Waals surface area contributed by atoms with Gasteiger partial charge in [-0.15, -0.1) is 0 Å². The number of nitrogens with zero attached hydrogens (tertiary/aromatic N) is 6. The molecule has 1 saturated heterocycles. The molecule has 2 fully saturated rings. The molecule has 1 saturated carbocycles. The monoisotopic (exact) mass is 380 g/mol. The number of hydrogen-bond acceptors (Lipinski definition) is 6. The van der Waals surface area contributed by atoms with Crippen LogP contribution >= 0.6 is 0 Å². The predicted octanol–water partition coefficient (Wildman–Crippen LogP) is 3.41. The van der Waals surface area contributed by atoms with Gasteiger partial charge in [0, 0.05) is 43.1 Å². The van der Waals surface area contributed by atoms with Crippen molar-refractivity contribution in [2.45, 2.75) is 64.8 Å². The van der Waals surface area contributed by atoms with Crippen molar-refractivity contribution in [3.63, 3.8) is 0 Å². The maximum atomic E-state index is 5.77. The van der Waals surface area contributed by atoms with Crippen LogP contribution in [0.5, 0.6) is 0 Å². The van der Waals surface area contributed by atoms with Gasteiger partial charge in [-0.3, -0.25) is 9.30 Å². The molecule has 0 radical (unpaired) electrons. The first kappa shape index (κ1) is 17.8. The summed E-state index contributed by atoms with van der Waals surface area (Å²) in [4.78, 5) is 16.6. The fourth-order valence-corrected chi connectivity index (χ4v) is 5.16. The third kappa shape index (κ3) is 2.75. The normalized spacial score (nSPS) is 25.2. The molecule has 3 aromatic rings. The Balaban J connectivity index is 1.40. The van der Waals surface area contributed by atoms with E-state index in [-0.39, 0.29) is 5.41 Å². The molecule has 7 heteroatoms. The minimum Gasteiger partial charge on any atom is -0.339 e. The maximum absolute atomic E-state index is 5.77. The molecule has 7 nitrogen and oxygen atoms in total. The van der Waals surface area contributed by atoms with Gasteiger partial charge < -0.3 is 4.52 Å². The second-order valence-electron chi connectivity index (χ2n) is 8.97. The molecule has 0 amide bonds. The van der Waals surface area contributed by atoms with E-state index in [0.29, 0.717) is 11.8 Å². The minimum atomic E-state index is 0.0179. The van der Waals surface area contributed by atoms with E-state index in [4.69, 9.17) is 14.5 Å². The molecule has 0 spiro atoms. The highest BCUT2D eigenvalue weighted by atomic mass is 16.5. The average molecular weight is 380 g/mol. The lowest BCUT2D eigenvalue weighted by molar-refractivity contribution is 0.243. The molecule has 2 atom stereocenters. The van der Waals surface area contributed by atoms with Crippen molar-refractivity contribution in [3.05, 3.63) is 41.1 Å². The van der Waals surface area contributed by atoms with Crippen LogP contribution in [-0.2, 0) is 12.0 Å². The zero-order valence-corrected chi connectivity index (χ0v) is 17.1. The highest BCUT2D eigenvalue weighted by molar-refractivity contribution is 5.34. The van der Waals surface area contributed by atoms with Crippen LogP contribution in [0.15, 0.2) is 16.8 Å². The van der Waals surface area contributed by atoms with E-state index in [2.05, 4.69) is 52.5 Å². The van der Waals surface area contributed by atoms with Gasteiger partial charge >= 0.3 is 0 Å². The third-order valence-electron chi connectivity index (χ3n) is 6.52. The van der Waals surface area contributed by atoms with Crippen molar-refractivity contribution in [1.82, 2.24) is 29.4 Å². The lowest BCUT2D eigenvalue weighted by Crippen LogP contribution is -2.32. The van der Waals surface area contributed by atoms with Gasteiger partial charge in [0.15, 0.2) is 5.82 Å². The largest absolute Gasteiger partial charge is 0.339 e. The number of hydrogen-bond donors (Lipinski definition) is 0. The Kier molecular flexibility index (Phi) is 4.05. The Morgan fingerprint density at radius 3 is 2.89 bits per heavy atom. The molecular weight excluding hydrogens is 352 g/mol. The van der Waals surface area contributed by atoms with Gasteiger partial charge in [-0.2, -0.15) is 4.98 Å². The molecule has 0 unspecified atom stereocenters. The molecule has 0 bridgehead atoms. The van der Waals surface area contributed by atoms with Crippen molar-refractivity contribution in [1.29, 1.82) is 0 Å². The maximum Gasteiger partial charge on any atom is 0.234 e. The van der Waals surface area contributed by atoms with E-state index in [1.54, 1.807) is 0 Å². The molecule has 1 aliphatic heterocycles. The SMILES string of the molecule is Cc1cc(C)n2cc(CN3C[C@H]4CCC[C@@]4(c4nc(C(C)C)no4)C3)nc2n1. The van der Waals surface area contributed by atoms with Gasteiger partial charge in [0.1, 0.15) is 0 Å². The van der Waals surface area contributed by atoms with E-state index in [0.717, 1.165) is 54.9 Å². The fraction of sp³-hybridized carbons (Fsp3) is 0.619. The minimum absolute atomic E-state index is 0.0179. The molecule has 3 aromatic heterocycles. The summed E-state index contributed by atoms with van der Waals surface area (Å²) in [7, 11) is 0. The summed E-state index contributed by atoms with van der Waals surface area (Å²) in [6.07, 6.45) is 5.75. The van der Waals surface area contributed by atoms with Gasteiger partial charge in [-0.05, 0) is 38.7 Å². The van der Waals surface area contributed by atoms with Crippen molar-refractivity contribution >= 4 is 5.78 Å². The Bertz CT molecular complexity index is 1020. The van der Waals surface area contributed by atoms with Crippen molar-refractivity contribution in [2.24, 2.45) is 5.92 Å². The molecule has 0 N–H and O–H groups in total. The zero-order valence-electron chi connectivity index (χ0n) is 17.1. The number of aryl methyl sites for hydroxylation is 2. The molecule has 4 heterocycles. The Hall–Kier alpha value is -2.28. The molecular formula is C21H28N6O. The molecule has 1 aliphatic carbocycles. The summed E-state index contributed by atoms with van der Waals surface area (Å²) in [5.74, 6) is 3.35. The summed E-state index contributed by atoms with van der Waals surface area (Å²) in [5.41, 5.74) is 3.27. The van der Waals surface area contributed by atoms with Gasteiger partial charge in [-0.1, -0.05) is 25.4 Å². The van der Waals surface area contributed by atoms with Crippen LogP contribution in [0.1, 0.15) is 67.8 Å². The van der Waals surface area contributed by atoms with Crippen molar-refractivity contribution in [2.75, 3.05) is 13.1 Å². The van der Waals surface area contributed by atoms with Crippen LogP contribution in [0.2, 0.25) is 0 Å². The molecule has 28 heavy (non-hydrogen) atoms. The van der Waals surface area contributed by atoms with E-state index < -0.39 is 0 Å². The number of aromatic nitrogens is 5. The third-order valence-corrected chi connectivity index (χ3v) is 6.52. The van der Waals surface area contributed by atoms with Crippen molar-refractivity contribution < 1.29 is 4.52 Å². The Morgan fingerprint density at radius 1 is 1.25 bits per heavy atom. The van der Waals surface area contributed by atoms with Gasteiger partial charge in [0.25, 0.3) is 0 Å². The lowest BCUT2D eigenvalue weighted by atomic mass is 9.80.